The maximum atomic E-state index is 11.9. The van der Waals surface area contributed by atoms with E-state index in [1.807, 2.05) is 6.19 Å². The van der Waals surface area contributed by atoms with Crippen molar-refractivity contribution < 1.29 is 0 Å². The fraction of sp³-hybridized carbons (Fsp3) is 0.143. The molecule has 2 aromatic rings. The van der Waals surface area contributed by atoms with E-state index in [9.17, 15) is 4.79 Å². The van der Waals surface area contributed by atoms with Gasteiger partial charge >= 0.3 is 0 Å². The number of hydrogen-bond acceptors (Lipinski definition) is 5. The number of nitriles is 1. The van der Waals surface area contributed by atoms with Crippen molar-refractivity contribution in [3.8, 4) is 11.9 Å². The Balaban J connectivity index is 2.32. The lowest BCUT2D eigenvalue weighted by Crippen LogP contribution is -2.18. The number of anilines is 1. The number of aromatic nitrogens is 1. The van der Waals surface area contributed by atoms with Gasteiger partial charge in [0.15, 0.2) is 6.19 Å². The van der Waals surface area contributed by atoms with Crippen molar-refractivity contribution in [3.63, 3.8) is 0 Å². The Hall–Kier alpha value is -1.81. The van der Waals surface area contributed by atoms with Crippen LogP contribution < -0.4 is 10.9 Å². The van der Waals surface area contributed by atoms with Crippen LogP contribution in [-0.2, 0) is 0 Å². The standard InChI is InChI=1S/C14H12Cl2N4OS/c1-22-19(8-17)9-18-10-6-11(15)14(12(16)7-10)20-5-3-2-4-13(20)21/h2-7,18H,9H2,1H3. The molecule has 1 aromatic heterocycles. The summed E-state index contributed by atoms with van der Waals surface area (Å²) in [6, 6.07) is 8.14. The molecule has 0 saturated heterocycles. The summed E-state index contributed by atoms with van der Waals surface area (Å²) in [4.78, 5) is 11.9. The number of hydrogen-bond donors (Lipinski definition) is 1. The molecular weight excluding hydrogens is 343 g/mol. The fourth-order valence-corrected chi connectivity index (χ4v) is 2.76. The molecule has 0 amide bonds. The molecule has 5 nitrogen and oxygen atoms in total. The summed E-state index contributed by atoms with van der Waals surface area (Å²) in [5.74, 6) is 0. The first kappa shape index (κ1) is 16.6. The number of benzene rings is 1. The number of rotatable bonds is 5. The van der Waals surface area contributed by atoms with Gasteiger partial charge in [0.05, 0.1) is 15.7 Å². The monoisotopic (exact) mass is 354 g/mol. The van der Waals surface area contributed by atoms with Gasteiger partial charge in [-0.1, -0.05) is 29.3 Å². The molecule has 0 unspecified atom stereocenters. The topological polar surface area (TPSA) is 61.1 Å². The Morgan fingerprint density at radius 2 is 2.05 bits per heavy atom. The van der Waals surface area contributed by atoms with Gasteiger partial charge in [-0.15, -0.1) is 0 Å². The van der Waals surface area contributed by atoms with Crippen LogP contribution in [0.15, 0.2) is 41.3 Å². The molecule has 2 rings (SSSR count). The van der Waals surface area contributed by atoms with Gasteiger partial charge < -0.3 is 5.32 Å². The highest BCUT2D eigenvalue weighted by Crippen LogP contribution is 2.31. The molecule has 0 atom stereocenters. The summed E-state index contributed by atoms with van der Waals surface area (Å²) < 4.78 is 2.84. The predicted molar refractivity (Wildman–Crippen MR) is 91.5 cm³/mol. The highest BCUT2D eigenvalue weighted by atomic mass is 35.5. The molecule has 8 heteroatoms. The van der Waals surface area contributed by atoms with Gasteiger partial charge in [-0.25, -0.2) is 4.31 Å². The van der Waals surface area contributed by atoms with Crippen LogP contribution in [0.3, 0.4) is 0 Å². The van der Waals surface area contributed by atoms with E-state index in [0.29, 0.717) is 28.1 Å². The van der Waals surface area contributed by atoms with Crippen LogP contribution in [0, 0.1) is 11.5 Å². The second-order valence-electron chi connectivity index (χ2n) is 4.19. The Morgan fingerprint density at radius 1 is 1.36 bits per heavy atom. The number of pyridine rings is 1. The molecule has 0 aliphatic carbocycles. The molecule has 1 heterocycles. The summed E-state index contributed by atoms with van der Waals surface area (Å²) in [6.45, 7) is 0.314. The third kappa shape index (κ3) is 3.69. The molecule has 0 aliphatic heterocycles. The van der Waals surface area contributed by atoms with Crippen LogP contribution >= 0.6 is 35.1 Å². The summed E-state index contributed by atoms with van der Waals surface area (Å²) in [7, 11) is 0. The maximum Gasteiger partial charge on any atom is 0.255 e. The van der Waals surface area contributed by atoms with Crippen molar-refractivity contribution in [1.82, 2.24) is 8.87 Å². The fourth-order valence-electron chi connectivity index (χ4n) is 1.81. The van der Waals surface area contributed by atoms with Gasteiger partial charge in [0.2, 0.25) is 0 Å². The number of nitrogens with zero attached hydrogens (tertiary/aromatic N) is 3. The Bertz CT molecular complexity index is 749. The molecule has 1 N–H and O–H groups in total. The van der Waals surface area contributed by atoms with Gasteiger partial charge in [-0.05, 0) is 30.1 Å². The van der Waals surface area contributed by atoms with Crippen LogP contribution in [0.5, 0.6) is 0 Å². The predicted octanol–water partition coefficient (Wildman–Crippen LogP) is 3.57. The molecule has 0 radical (unpaired) electrons. The van der Waals surface area contributed by atoms with E-state index in [4.69, 9.17) is 28.5 Å². The van der Waals surface area contributed by atoms with Crippen molar-refractivity contribution in [2.24, 2.45) is 0 Å². The molecule has 0 saturated carbocycles. The first-order valence-corrected chi connectivity index (χ1v) is 8.13. The summed E-state index contributed by atoms with van der Waals surface area (Å²) in [5.41, 5.74) is 0.878. The minimum atomic E-state index is -0.218. The molecule has 0 bridgehead atoms. The highest BCUT2D eigenvalue weighted by Gasteiger charge is 2.11. The van der Waals surface area contributed by atoms with Crippen molar-refractivity contribution in [1.29, 1.82) is 5.26 Å². The lowest BCUT2D eigenvalue weighted by molar-refractivity contribution is 0.691. The molecular formula is C14H12Cl2N4OS. The summed E-state index contributed by atoms with van der Waals surface area (Å²) in [5, 5.41) is 12.6. The second-order valence-corrected chi connectivity index (χ2v) is 5.81. The lowest BCUT2D eigenvalue weighted by atomic mass is 10.2. The SMILES string of the molecule is CSN(C#N)CNc1cc(Cl)c(-n2ccccc2=O)c(Cl)c1. The molecule has 0 aliphatic rings. The Kier molecular flexibility index (Phi) is 5.61. The van der Waals surface area contributed by atoms with Gasteiger partial charge in [-0.2, -0.15) is 5.26 Å². The van der Waals surface area contributed by atoms with E-state index < -0.39 is 0 Å². The van der Waals surface area contributed by atoms with Crippen molar-refractivity contribution in [2.75, 3.05) is 18.2 Å². The molecule has 0 spiro atoms. The van der Waals surface area contributed by atoms with E-state index in [0.717, 1.165) is 0 Å². The van der Waals surface area contributed by atoms with Crippen molar-refractivity contribution in [3.05, 3.63) is 56.9 Å². The van der Waals surface area contributed by atoms with Crippen LogP contribution in [0.1, 0.15) is 0 Å². The van der Waals surface area contributed by atoms with Crippen molar-refractivity contribution in [2.45, 2.75) is 0 Å². The van der Waals surface area contributed by atoms with E-state index >= 15 is 0 Å². The van der Waals surface area contributed by atoms with E-state index in [1.54, 1.807) is 36.7 Å². The zero-order valence-electron chi connectivity index (χ0n) is 11.6. The molecule has 114 valence electrons. The Labute approximate surface area is 142 Å². The van der Waals surface area contributed by atoms with Crippen molar-refractivity contribution >= 4 is 40.8 Å². The van der Waals surface area contributed by atoms with Crippen LogP contribution in [0.25, 0.3) is 5.69 Å². The molecule has 1 aromatic carbocycles. The van der Waals surface area contributed by atoms with Gasteiger partial charge in [0.1, 0.15) is 6.67 Å². The van der Waals surface area contributed by atoms with Gasteiger partial charge in [-0.3, -0.25) is 9.36 Å². The van der Waals surface area contributed by atoms with E-state index in [1.165, 1.54) is 26.9 Å². The van der Waals surface area contributed by atoms with Crippen LogP contribution in [0.2, 0.25) is 10.0 Å². The first-order valence-electron chi connectivity index (χ1n) is 6.19. The highest BCUT2D eigenvalue weighted by molar-refractivity contribution is 7.96. The van der Waals surface area contributed by atoms with Gasteiger partial charge in [0, 0.05) is 24.2 Å². The zero-order chi connectivity index (χ0) is 16.1. The lowest BCUT2D eigenvalue weighted by Gasteiger charge is -2.16. The average Bonchev–Trinajstić information content (AvgIpc) is 2.49. The first-order chi connectivity index (χ1) is 10.6. The minimum Gasteiger partial charge on any atom is -0.366 e. The quantitative estimate of drug-likeness (QED) is 0.385. The average molecular weight is 355 g/mol. The second kappa shape index (κ2) is 7.45. The minimum absolute atomic E-state index is 0.218. The third-order valence-electron chi connectivity index (χ3n) is 2.84. The maximum absolute atomic E-state index is 11.9. The molecule has 0 fully saturated rings. The summed E-state index contributed by atoms with van der Waals surface area (Å²) in [6.07, 6.45) is 5.42. The Morgan fingerprint density at radius 3 is 2.59 bits per heavy atom. The van der Waals surface area contributed by atoms with Gasteiger partial charge in [0.25, 0.3) is 5.56 Å². The number of nitrogens with one attached hydrogen (secondary N) is 1. The smallest absolute Gasteiger partial charge is 0.255 e. The zero-order valence-corrected chi connectivity index (χ0v) is 13.9. The van der Waals surface area contributed by atoms with Crippen LogP contribution in [-0.4, -0.2) is 21.8 Å². The molecule has 22 heavy (non-hydrogen) atoms. The normalized spacial score (nSPS) is 10.1. The van der Waals surface area contributed by atoms with E-state index in [-0.39, 0.29) is 5.56 Å². The number of halogens is 2. The third-order valence-corrected chi connectivity index (χ3v) is 4.07. The van der Waals surface area contributed by atoms with E-state index in [2.05, 4.69) is 5.32 Å². The summed E-state index contributed by atoms with van der Waals surface area (Å²) >= 11 is 13.8. The van der Waals surface area contributed by atoms with Crippen LogP contribution in [0.4, 0.5) is 5.69 Å². The largest absolute Gasteiger partial charge is 0.366 e.